The first-order valence-electron chi connectivity index (χ1n) is 7.12. The van der Waals surface area contributed by atoms with Gasteiger partial charge in [-0.05, 0) is 17.5 Å². The van der Waals surface area contributed by atoms with Crippen LogP contribution < -0.4 is 5.73 Å². The molecule has 0 aliphatic heterocycles. The minimum Gasteiger partial charge on any atom is -0.370 e. The van der Waals surface area contributed by atoms with Crippen LogP contribution in [0, 0.1) is 0 Å². The molecule has 1 amide bonds. The van der Waals surface area contributed by atoms with Crippen molar-refractivity contribution in [3.8, 4) is 11.1 Å². The number of nitrogens with two attached hydrogens (primary N) is 1. The van der Waals surface area contributed by atoms with Gasteiger partial charge in [0.1, 0.15) is 0 Å². The van der Waals surface area contributed by atoms with Gasteiger partial charge >= 0.3 is 0 Å². The van der Waals surface area contributed by atoms with Crippen molar-refractivity contribution in [2.75, 3.05) is 0 Å². The summed E-state index contributed by atoms with van der Waals surface area (Å²) in [5, 5.41) is 0. The van der Waals surface area contributed by atoms with Gasteiger partial charge in [0, 0.05) is 6.42 Å². The van der Waals surface area contributed by atoms with E-state index < -0.39 is 0 Å². The van der Waals surface area contributed by atoms with Crippen molar-refractivity contribution >= 4 is 5.91 Å². The van der Waals surface area contributed by atoms with Gasteiger partial charge in [0.05, 0.1) is 0 Å². The first-order chi connectivity index (χ1) is 9.74. The Kier molecular flexibility index (Phi) is 7.82. The molecule has 0 aliphatic carbocycles. The molecular formula is C18H23NO. The number of hydrogen-bond donors (Lipinski definition) is 1. The zero-order valence-electron chi connectivity index (χ0n) is 12.1. The van der Waals surface area contributed by atoms with Gasteiger partial charge in [0.25, 0.3) is 0 Å². The number of carbonyl (C=O) groups is 1. The first-order valence-corrected chi connectivity index (χ1v) is 7.12. The molecule has 2 N–H and O–H groups in total. The molecule has 0 atom stereocenters. The number of rotatable bonds is 5. The van der Waals surface area contributed by atoms with Crippen LogP contribution in [0.5, 0.6) is 0 Å². The van der Waals surface area contributed by atoms with Gasteiger partial charge in [0.2, 0.25) is 5.91 Å². The summed E-state index contributed by atoms with van der Waals surface area (Å²) >= 11 is 0. The highest BCUT2D eigenvalue weighted by Gasteiger charge is 1.92. The molecule has 0 heterocycles. The maximum atomic E-state index is 10.1. The normalized spacial score (nSPS) is 9.45. The third-order valence-electron chi connectivity index (χ3n) is 2.91. The van der Waals surface area contributed by atoms with Gasteiger partial charge in [-0.25, -0.2) is 0 Å². The zero-order chi connectivity index (χ0) is 14.6. The Hall–Kier alpha value is -2.09. The van der Waals surface area contributed by atoms with Gasteiger partial charge in [-0.15, -0.1) is 0 Å². The van der Waals surface area contributed by atoms with E-state index in [0.29, 0.717) is 6.42 Å². The summed E-state index contributed by atoms with van der Waals surface area (Å²) in [4.78, 5) is 10.1. The third kappa shape index (κ3) is 6.74. The highest BCUT2D eigenvalue weighted by molar-refractivity contribution is 5.73. The summed E-state index contributed by atoms with van der Waals surface area (Å²) in [5.74, 6) is -0.182. The van der Waals surface area contributed by atoms with Crippen molar-refractivity contribution in [1.29, 1.82) is 0 Å². The molecule has 2 rings (SSSR count). The van der Waals surface area contributed by atoms with Crippen molar-refractivity contribution in [2.24, 2.45) is 5.73 Å². The quantitative estimate of drug-likeness (QED) is 0.803. The minimum absolute atomic E-state index is 0.182. The number of amides is 1. The number of unbranched alkanes of at least 4 members (excludes halogenated alkanes) is 2. The standard InChI is InChI=1S/C12H10.C6H13NO/c1-3-7-11(8-4-1)12-9-5-2-6-10-12;1-2-3-4-5-6(7)8/h1-10H;2-5H2,1H3,(H2,7,8). The van der Waals surface area contributed by atoms with E-state index in [-0.39, 0.29) is 5.91 Å². The summed E-state index contributed by atoms with van der Waals surface area (Å²) in [6.07, 6.45) is 3.76. The van der Waals surface area contributed by atoms with Gasteiger partial charge in [-0.2, -0.15) is 0 Å². The van der Waals surface area contributed by atoms with E-state index >= 15 is 0 Å². The first kappa shape index (κ1) is 16.0. The van der Waals surface area contributed by atoms with Crippen LogP contribution in [0.4, 0.5) is 0 Å². The maximum Gasteiger partial charge on any atom is 0.217 e. The Bertz CT molecular complexity index is 442. The SMILES string of the molecule is CCCCCC(N)=O.c1ccc(-c2ccccc2)cc1. The fraction of sp³-hybridized carbons (Fsp3) is 0.278. The van der Waals surface area contributed by atoms with Crippen LogP contribution in [0.2, 0.25) is 0 Å². The molecule has 0 bridgehead atoms. The van der Waals surface area contributed by atoms with Gasteiger partial charge < -0.3 is 5.73 Å². The van der Waals surface area contributed by atoms with Crippen LogP contribution in [0.1, 0.15) is 32.6 Å². The Morgan fingerprint density at radius 3 is 1.65 bits per heavy atom. The molecule has 0 aromatic heterocycles. The second kappa shape index (κ2) is 9.79. The molecule has 0 unspecified atom stereocenters. The molecule has 0 fully saturated rings. The highest BCUT2D eigenvalue weighted by atomic mass is 16.1. The summed E-state index contributed by atoms with van der Waals surface area (Å²) in [6.45, 7) is 2.10. The van der Waals surface area contributed by atoms with E-state index in [0.717, 1.165) is 19.3 Å². The van der Waals surface area contributed by atoms with Gasteiger partial charge in [-0.1, -0.05) is 80.4 Å². The van der Waals surface area contributed by atoms with Crippen LogP contribution in [-0.2, 0) is 4.79 Å². The minimum atomic E-state index is -0.182. The molecule has 2 heteroatoms. The molecule has 0 saturated carbocycles. The molecule has 106 valence electrons. The molecular weight excluding hydrogens is 246 g/mol. The van der Waals surface area contributed by atoms with Crippen molar-refractivity contribution in [3.63, 3.8) is 0 Å². The van der Waals surface area contributed by atoms with E-state index in [1.165, 1.54) is 11.1 Å². The van der Waals surface area contributed by atoms with E-state index in [1.807, 2.05) is 12.1 Å². The summed E-state index contributed by atoms with van der Waals surface area (Å²) in [7, 11) is 0. The number of hydrogen-bond acceptors (Lipinski definition) is 1. The summed E-state index contributed by atoms with van der Waals surface area (Å²) in [5.41, 5.74) is 7.45. The van der Waals surface area contributed by atoms with Crippen LogP contribution in [0.15, 0.2) is 60.7 Å². The average Bonchev–Trinajstić information content (AvgIpc) is 2.50. The number of benzene rings is 2. The molecule has 2 aromatic rings. The third-order valence-corrected chi connectivity index (χ3v) is 2.91. The lowest BCUT2D eigenvalue weighted by Crippen LogP contribution is -2.09. The van der Waals surface area contributed by atoms with E-state index in [9.17, 15) is 4.79 Å². The van der Waals surface area contributed by atoms with E-state index in [1.54, 1.807) is 0 Å². The summed E-state index contributed by atoms with van der Waals surface area (Å²) in [6, 6.07) is 20.8. The highest BCUT2D eigenvalue weighted by Crippen LogP contribution is 2.17. The fourth-order valence-electron chi connectivity index (χ4n) is 1.81. The van der Waals surface area contributed by atoms with Crippen LogP contribution in [0.25, 0.3) is 11.1 Å². The van der Waals surface area contributed by atoms with Gasteiger partial charge in [0.15, 0.2) is 0 Å². The fourth-order valence-corrected chi connectivity index (χ4v) is 1.81. The van der Waals surface area contributed by atoms with Crippen LogP contribution in [0.3, 0.4) is 0 Å². The lowest BCUT2D eigenvalue weighted by Gasteiger charge is -1.98. The molecule has 0 radical (unpaired) electrons. The van der Waals surface area contributed by atoms with Crippen molar-refractivity contribution < 1.29 is 4.79 Å². The lowest BCUT2D eigenvalue weighted by molar-refractivity contribution is -0.118. The largest absolute Gasteiger partial charge is 0.370 e. The summed E-state index contributed by atoms with van der Waals surface area (Å²) < 4.78 is 0. The van der Waals surface area contributed by atoms with Crippen LogP contribution in [-0.4, -0.2) is 5.91 Å². The predicted molar refractivity (Wildman–Crippen MR) is 85.2 cm³/mol. The Balaban J connectivity index is 0.000000221. The predicted octanol–water partition coefficient (Wildman–Crippen LogP) is 4.41. The molecule has 2 nitrogen and oxygen atoms in total. The zero-order valence-corrected chi connectivity index (χ0v) is 12.1. The van der Waals surface area contributed by atoms with Gasteiger partial charge in [-0.3, -0.25) is 4.79 Å². The molecule has 0 saturated heterocycles. The Morgan fingerprint density at radius 2 is 1.30 bits per heavy atom. The smallest absolute Gasteiger partial charge is 0.217 e. The van der Waals surface area contributed by atoms with E-state index in [4.69, 9.17) is 5.73 Å². The topological polar surface area (TPSA) is 43.1 Å². The van der Waals surface area contributed by atoms with Crippen molar-refractivity contribution in [1.82, 2.24) is 0 Å². The average molecular weight is 269 g/mol. The Morgan fingerprint density at radius 1 is 0.850 bits per heavy atom. The second-order valence-corrected chi connectivity index (χ2v) is 4.66. The van der Waals surface area contributed by atoms with E-state index in [2.05, 4.69) is 55.5 Å². The monoisotopic (exact) mass is 269 g/mol. The Labute approximate surface area is 121 Å². The molecule has 2 aromatic carbocycles. The second-order valence-electron chi connectivity index (χ2n) is 4.66. The molecule has 0 spiro atoms. The molecule has 0 aliphatic rings. The van der Waals surface area contributed by atoms with Crippen molar-refractivity contribution in [2.45, 2.75) is 32.6 Å². The lowest BCUT2D eigenvalue weighted by atomic mass is 10.1. The van der Waals surface area contributed by atoms with Crippen LogP contribution >= 0.6 is 0 Å². The number of carbonyl (C=O) groups excluding carboxylic acids is 1. The molecule has 20 heavy (non-hydrogen) atoms. The maximum absolute atomic E-state index is 10.1. The van der Waals surface area contributed by atoms with Crippen molar-refractivity contribution in [3.05, 3.63) is 60.7 Å². The number of primary amides is 1.